The summed E-state index contributed by atoms with van der Waals surface area (Å²) in [6.45, 7) is 8.22. The number of rotatable bonds is 2. The average Bonchev–Trinajstić information content (AvgIpc) is 2.29. The first-order chi connectivity index (χ1) is 8.86. The first-order valence-corrected chi connectivity index (χ1v) is 6.68. The van der Waals surface area contributed by atoms with Gasteiger partial charge in [-0.1, -0.05) is 6.92 Å². The first kappa shape index (κ1) is 14.1. The monoisotopic (exact) mass is 271 g/mol. The molecule has 1 fully saturated rings. The van der Waals surface area contributed by atoms with Gasteiger partial charge in [0, 0.05) is 5.92 Å². The third-order valence-corrected chi connectivity index (χ3v) is 3.74. The van der Waals surface area contributed by atoms with Crippen LogP contribution in [0.1, 0.15) is 34.1 Å². The molecule has 6 heteroatoms. The van der Waals surface area contributed by atoms with E-state index in [1.54, 1.807) is 6.92 Å². The fourth-order valence-corrected chi connectivity index (χ4v) is 2.76. The quantitative estimate of drug-likeness (QED) is 0.558. The molecular formula is C13H21NO5. The van der Waals surface area contributed by atoms with Crippen LogP contribution in [0.5, 0.6) is 0 Å². The smallest absolute Gasteiger partial charge is 0.408 e. The van der Waals surface area contributed by atoms with Crippen LogP contribution in [-0.4, -0.2) is 41.5 Å². The minimum absolute atomic E-state index is 0.0270. The summed E-state index contributed by atoms with van der Waals surface area (Å²) in [5.74, 6) is -0.302. The van der Waals surface area contributed by atoms with E-state index in [-0.39, 0.29) is 23.1 Å². The summed E-state index contributed by atoms with van der Waals surface area (Å²) in [6.07, 6.45) is 0.311. The molecule has 0 spiro atoms. The number of hydrogen-bond donors (Lipinski definition) is 0. The highest BCUT2D eigenvalue weighted by Gasteiger charge is 2.53. The molecule has 2 rings (SSSR count). The van der Waals surface area contributed by atoms with Crippen molar-refractivity contribution in [2.24, 2.45) is 11.8 Å². The van der Waals surface area contributed by atoms with Gasteiger partial charge < -0.3 is 14.3 Å². The van der Waals surface area contributed by atoms with Crippen LogP contribution in [0.4, 0.5) is 0 Å². The lowest BCUT2D eigenvalue weighted by Gasteiger charge is -2.46. The standard InChI is InChI=1S/C13H21NO5/c1-5-17-12(15)10-11-9(6-8(2)7-18-11)13(3,4)19-14(10)16/h8-9,11H,5-7H2,1-4H3/t8-,9+,11+/m1/s1. The Morgan fingerprint density at radius 2 is 2.26 bits per heavy atom. The maximum atomic E-state index is 11.9. The minimum Gasteiger partial charge on any atom is -0.458 e. The Kier molecular flexibility index (Phi) is 3.71. The van der Waals surface area contributed by atoms with Crippen LogP contribution in [0, 0.1) is 17.0 Å². The zero-order chi connectivity index (χ0) is 14.2. The molecule has 0 aromatic carbocycles. The van der Waals surface area contributed by atoms with E-state index in [2.05, 4.69) is 6.92 Å². The Morgan fingerprint density at radius 3 is 2.89 bits per heavy atom. The van der Waals surface area contributed by atoms with Crippen LogP contribution >= 0.6 is 0 Å². The average molecular weight is 271 g/mol. The van der Waals surface area contributed by atoms with Gasteiger partial charge in [0.05, 0.1) is 23.7 Å². The molecule has 0 bridgehead atoms. The number of fused-ring (bicyclic) bond motifs is 1. The zero-order valence-corrected chi connectivity index (χ0v) is 11.8. The molecule has 0 aliphatic carbocycles. The summed E-state index contributed by atoms with van der Waals surface area (Å²) in [5, 5.41) is 11.9. The van der Waals surface area contributed by atoms with Gasteiger partial charge in [0.15, 0.2) is 6.10 Å². The van der Waals surface area contributed by atoms with E-state index < -0.39 is 17.7 Å². The summed E-state index contributed by atoms with van der Waals surface area (Å²) in [5.41, 5.74) is -0.727. The fraction of sp³-hybridized carbons (Fsp3) is 0.846. The van der Waals surface area contributed by atoms with E-state index in [4.69, 9.17) is 14.3 Å². The molecule has 2 aliphatic heterocycles. The SMILES string of the molecule is CCOC(=O)C1=[N+]([O-])OC(C)(C)[C@H]2C[C@@H](C)CO[C@H]12. The second kappa shape index (κ2) is 5.00. The molecular weight excluding hydrogens is 250 g/mol. The van der Waals surface area contributed by atoms with Crippen molar-refractivity contribution in [1.82, 2.24) is 0 Å². The number of esters is 1. The van der Waals surface area contributed by atoms with Crippen LogP contribution in [0.2, 0.25) is 0 Å². The lowest BCUT2D eigenvalue weighted by Crippen LogP contribution is -2.59. The predicted octanol–water partition coefficient (Wildman–Crippen LogP) is 1.27. The van der Waals surface area contributed by atoms with E-state index >= 15 is 0 Å². The van der Waals surface area contributed by atoms with Crippen molar-refractivity contribution >= 4 is 11.7 Å². The van der Waals surface area contributed by atoms with Gasteiger partial charge in [-0.15, -0.1) is 0 Å². The molecule has 108 valence electrons. The summed E-state index contributed by atoms with van der Waals surface area (Å²) < 4.78 is 10.6. The number of carbonyl (C=O) groups excluding carboxylic acids is 1. The predicted molar refractivity (Wildman–Crippen MR) is 67.4 cm³/mol. The second-order valence-electron chi connectivity index (χ2n) is 5.76. The molecule has 0 N–H and O–H groups in total. The van der Waals surface area contributed by atoms with Gasteiger partial charge in [-0.3, -0.25) is 5.21 Å². The molecule has 3 atom stereocenters. The van der Waals surface area contributed by atoms with Crippen molar-refractivity contribution in [2.75, 3.05) is 13.2 Å². The molecule has 2 aliphatic rings. The van der Waals surface area contributed by atoms with Gasteiger partial charge in [0.1, 0.15) is 0 Å². The highest BCUT2D eigenvalue weighted by Crippen LogP contribution is 2.38. The molecule has 0 aromatic heterocycles. The normalized spacial score (nSPS) is 33.4. The van der Waals surface area contributed by atoms with Crippen molar-refractivity contribution in [3.8, 4) is 0 Å². The van der Waals surface area contributed by atoms with Crippen molar-refractivity contribution in [3.05, 3.63) is 5.21 Å². The molecule has 6 nitrogen and oxygen atoms in total. The molecule has 0 amide bonds. The highest BCUT2D eigenvalue weighted by molar-refractivity contribution is 6.36. The lowest BCUT2D eigenvalue weighted by molar-refractivity contribution is -0.774. The second-order valence-corrected chi connectivity index (χ2v) is 5.76. The molecule has 2 heterocycles. The Balaban J connectivity index is 2.34. The molecule has 1 saturated heterocycles. The van der Waals surface area contributed by atoms with Crippen molar-refractivity contribution in [1.29, 1.82) is 0 Å². The van der Waals surface area contributed by atoms with E-state index in [0.717, 1.165) is 6.42 Å². The van der Waals surface area contributed by atoms with Crippen LogP contribution in [0.15, 0.2) is 0 Å². The van der Waals surface area contributed by atoms with Gasteiger partial charge in [0.25, 0.3) is 0 Å². The molecule has 0 saturated carbocycles. The van der Waals surface area contributed by atoms with Crippen LogP contribution in [0.25, 0.3) is 0 Å². The van der Waals surface area contributed by atoms with Gasteiger partial charge in [0.2, 0.25) is 0 Å². The van der Waals surface area contributed by atoms with E-state index in [1.165, 1.54) is 0 Å². The summed E-state index contributed by atoms with van der Waals surface area (Å²) in [6, 6.07) is 0. The lowest BCUT2D eigenvalue weighted by atomic mass is 9.76. The highest BCUT2D eigenvalue weighted by atomic mass is 16.9. The fourth-order valence-electron chi connectivity index (χ4n) is 2.76. The minimum atomic E-state index is -0.656. The third kappa shape index (κ3) is 2.54. The first-order valence-electron chi connectivity index (χ1n) is 6.68. The van der Waals surface area contributed by atoms with Gasteiger partial charge >= 0.3 is 11.7 Å². The molecule has 19 heavy (non-hydrogen) atoms. The van der Waals surface area contributed by atoms with Crippen LogP contribution in [-0.2, 0) is 19.1 Å². The van der Waals surface area contributed by atoms with Crippen molar-refractivity contribution in [3.63, 3.8) is 0 Å². The summed E-state index contributed by atoms with van der Waals surface area (Å²) in [4.78, 5) is 17.5. The Hall–Kier alpha value is -1.30. The number of ether oxygens (including phenoxy) is 2. The maximum absolute atomic E-state index is 11.9. The van der Waals surface area contributed by atoms with Gasteiger partial charge in [-0.25, -0.2) is 4.79 Å². The Labute approximate surface area is 112 Å². The topological polar surface area (TPSA) is 70.8 Å². The molecule has 0 aromatic rings. The van der Waals surface area contributed by atoms with E-state index in [1.807, 2.05) is 13.8 Å². The van der Waals surface area contributed by atoms with E-state index in [0.29, 0.717) is 12.5 Å². The molecule has 0 radical (unpaired) electrons. The zero-order valence-electron chi connectivity index (χ0n) is 11.8. The Bertz CT molecular complexity index is 404. The van der Waals surface area contributed by atoms with Crippen LogP contribution in [0.3, 0.4) is 0 Å². The van der Waals surface area contributed by atoms with Crippen molar-refractivity contribution in [2.45, 2.75) is 45.8 Å². The number of carbonyl (C=O) groups is 1. The van der Waals surface area contributed by atoms with E-state index in [9.17, 15) is 10.0 Å². The summed E-state index contributed by atoms with van der Waals surface area (Å²) in [7, 11) is 0. The Morgan fingerprint density at radius 1 is 1.58 bits per heavy atom. The van der Waals surface area contributed by atoms with Gasteiger partial charge in [-0.2, -0.15) is 0 Å². The van der Waals surface area contributed by atoms with Gasteiger partial charge in [-0.05, 0) is 33.1 Å². The number of nitrogens with zero attached hydrogens (tertiary/aromatic N) is 1. The maximum Gasteiger partial charge on any atom is 0.408 e. The largest absolute Gasteiger partial charge is 0.458 e. The molecule has 0 unspecified atom stereocenters. The summed E-state index contributed by atoms with van der Waals surface area (Å²) >= 11 is 0. The third-order valence-electron chi connectivity index (χ3n) is 3.74. The van der Waals surface area contributed by atoms with Crippen LogP contribution < -0.4 is 0 Å². The van der Waals surface area contributed by atoms with Crippen molar-refractivity contribution < 1.29 is 24.0 Å². The number of hydrogen-bond acceptors (Lipinski definition) is 5.